The Morgan fingerprint density at radius 3 is 2.33 bits per heavy atom. The number of aliphatic carboxylic acids is 1. The van der Waals surface area contributed by atoms with Gasteiger partial charge in [0.25, 0.3) is 5.91 Å². The number of nitrogens with one attached hydrogen (secondary N) is 3. The molecule has 2 aromatic carbocycles. The standard InChI is InChI=1S/C27H32N6O7/c28-24(29)19-8-10-20(11-9-19)25(37)30-12-4-7-21-26(38)32(16-23(35)36)13-14-33(21)22(34)15-31-27(39)40-17-18-5-2-1-3-6-18/h1-3,5-6,8-11,21H,4,7,12-17H2,(H3,28,29)(H,30,37)(H,31,39)(H,35,36). The van der Waals surface area contributed by atoms with Crippen LogP contribution in [0.2, 0.25) is 0 Å². The summed E-state index contributed by atoms with van der Waals surface area (Å²) in [6.07, 6.45) is -0.295. The topological polar surface area (TPSA) is 195 Å². The average molecular weight is 553 g/mol. The third-order valence-electron chi connectivity index (χ3n) is 6.22. The second kappa shape index (κ2) is 14.3. The normalized spacial score (nSPS) is 14.8. The smallest absolute Gasteiger partial charge is 0.407 e. The molecule has 1 aliphatic rings. The maximum Gasteiger partial charge on any atom is 0.407 e. The fourth-order valence-corrected chi connectivity index (χ4v) is 4.16. The van der Waals surface area contributed by atoms with E-state index < -0.39 is 43.0 Å². The van der Waals surface area contributed by atoms with Gasteiger partial charge in [-0.3, -0.25) is 24.6 Å². The van der Waals surface area contributed by atoms with Gasteiger partial charge in [-0.1, -0.05) is 42.5 Å². The molecule has 0 radical (unpaired) electrons. The van der Waals surface area contributed by atoms with Gasteiger partial charge in [0.2, 0.25) is 11.8 Å². The lowest BCUT2D eigenvalue weighted by atomic mass is 10.0. The third kappa shape index (κ3) is 8.55. The van der Waals surface area contributed by atoms with Gasteiger partial charge in [-0.25, -0.2) is 4.79 Å². The molecule has 0 aromatic heterocycles. The van der Waals surface area contributed by atoms with Crippen molar-refractivity contribution in [1.82, 2.24) is 20.4 Å². The molecule has 1 heterocycles. The first-order valence-electron chi connectivity index (χ1n) is 12.6. The summed E-state index contributed by atoms with van der Waals surface area (Å²) in [6.45, 7) is -0.529. The van der Waals surface area contributed by atoms with Crippen LogP contribution in [-0.2, 0) is 25.7 Å². The highest BCUT2D eigenvalue weighted by molar-refractivity contribution is 5.98. The number of nitrogens with two attached hydrogens (primary N) is 1. The Morgan fingerprint density at radius 1 is 1.00 bits per heavy atom. The van der Waals surface area contributed by atoms with Gasteiger partial charge >= 0.3 is 12.1 Å². The summed E-state index contributed by atoms with van der Waals surface area (Å²) in [5.41, 5.74) is 7.06. The van der Waals surface area contributed by atoms with Crippen LogP contribution in [0.25, 0.3) is 0 Å². The quantitative estimate of drug-likeness (QED) is 0.143. The number of alkyl carbamates (subject to hydrolysis) is 1. The van der Waals surface area contributed by atoms with Crippen LogP contribution in [-0.4, -0.2) is 89.3 Å². The van der Waals surface area contributed by atoms with Gasteiger partial charge in [-0.05, 0) is 30.5 Å². The van der Waals surface area contributed by atoms with Gasteiger partial charge in [-0.2, -0.15) is 0 Å². The molecule has 13 nitrogen and oxygen atoms in total. The Labute approximate surface area is 230 Å². The number of carbonyl (C=O) groups excluding carboxylic acids is 4. The molecular weight excluding hydrogens is 520 g/mol. The maximum absolute atomic E-state index is 13.1. The fourth-order valence-electron chi connectivity index (χ4n) is 4.16. The van der Waals surface area contributed by atoms with Crippen LogP contribution < -0.4 is 16.4 Å². The molecule has 1 fully saturated rings. The SMILES string of the molecule is N=C(N)c1ccc(C(=O)NCCCC2C(=O)N(CC(=O)O)CCN2C(=O)CNC(=O)OCc2ccccc2)cc1. The molecule has 0 saturated carbocycles. The number of benzene rings is 2. The predicted molar refractivity (Wildman–Crippen MR) is 143 cm³/mol. The summed E-state index contributed by atoms with van der Waals surface area (Å²) >= 11 is 0. The van der Waals surface area contributed by atoms with Crippen LogP contribution in [0.1, 0.15) is 34.3 Å². The van der Waals surface area contributed by atoms with Crippen LogP contribution in [0.3, 0.4) is 0 Å². The summed E-state index contributed by atoms with van der Waals surface area (Å²) in [7, 11) is 0. The molecule has 1 saturated heterocycles. The van der Waals surface area contributed by atoms with Crippen LogP contribution in [0.4, 0.5) is 4.79 Å². The minimum absolute atomic E-state index is 0.0302. The highest BCUT2D eigenvalue weighted by Gasteiger charge is 2.37. The summed E-state index contributed by atoms with van der Waals surface area (Å²) in [5, 5.41) is 21.7. The number of rotatable bonds is 12. The first-order chi connectivity index (χ1) is 19.2. The molecule has 1 unspecified atom stereocenters. The van der Waals surface area contributed by atoms with E-state index in [1.807, 2.05) is 6.07 Å². The van der Waals surface area contributed by atoms with E-state index >= 15 is 0 Å². The molecule has 6 N–H and O–H groups in total. The van der Waals surface area contributed by atoms with Crippen molar-refractivity contribution in [2.75, 3.05) is 32.7 Å². The zero-order valence-electron chi connectivity index (χ0n) is 21.8. The number of carboxylic acid groups (broad SMARTS) is 1. The number of carboxylic acids is 1. The van der Waals surface area contributed by atoms with Gasteiger partial charge in [-0.15, -0.1) is 0 Å². The third-order valence-corrected chi connectivity index (χ3v) is 6.22. The second-order valence-electron chi connectivity index (χ2n) is 9.06. The van der Waals surface area contributed by atoms with Crippen molar-refractivity contribution >= 4 is 35.6 Å². The Hall–Kier alpha value is -4.94. The lowest BCUT2D eigenvalue weighted by Crippen LogP contribution is -2.60. The van der Waals surface area contributed by atoms with Crippen LogP contribution in [0.5, 0.6) is 0 Å². The molecule has 0 aliphatic carbocycles. The van der Waals surface area contributed by atoms with Crippen LogP contribution in [0.15, 0.2) is 54.6 Å². The predicted octanol–water partition coefficient (Wildman–Crippen LogP) is 0.531. The molecule has 40 heavy (non-hydrogen) atoms. The highest BCUT2D eigenvalue weighted by atomic mass is 16.5. The van der Waals surface area contributed by atoms with E-state index in [9.17, 15) is 24.0 Å². The number of hydrogen-bond donors (Lipinski definition) is 5. The van der Waals surface area contributed by atoms with E-state index in [2.05, 4.69) is 10.6 Å². The molecule has 3 rings (SSSR count). The highest BCUT2D eigenvalue weighted by Crippen LogP contribution is 2.17. The van der Waals surface area contributed by atoms with E-state index in [4.69, 9.17) is 21.0 Å². The Balaban J connectivity index is 1.53. The van der Waals surface area contributed by atoms with Crippen LogP contribution >= 0.6 is 0 Å². The van der Waals surface area contributed by atoms with Gasteiger partial charge in [0.1, 0.15) is 31.6 Å². The molecule has 1 aliphatic heterocycles. The number of piperazine rings is 1. The van der Waals surface area contributed by atoms with Crippen molar-refractivity contribution in [1.29, 1.82) is 5.41 Å². The zero-order chi connectivity index (χ0) is 29.1. The van der Waals surface area contributed by atoms with Crippen molar-refractivity contribution in [3.63, 3.8) is 0 Å². The number of hydrogen-bond acceptors (Lipinski definition) is 7. The number of nitrogens with zero attached hydrogens (tertiary/aromatic N) is 2. The first kappa shape index (κ1) is 29.6. The van der Waals surface area contributed by atoms with Crippen LogP contribution in [0, 0.1) is 5.41 Å². The molecule has 0 bridgehead atoms. The van der Waals surface area contributed by atoms with E-state index in [0.717, 1.165) is 5.56 Å². The first-order valence-corrected chi connectivity index (χ1v) is 12.6. The van der Waals surface area contributed by atoms with E-state index in [0.29, 0.717) is 17.5 Å². The summed E-state index contributed by atoms with van der Waals surface area (Å²) < 4.78 is 5.11. The lowest BCUT2D eigenvalue weighted by molar-refractivity contribution is -0.155. The average Bonchev–Trinajstić information content (AvgIpc) is 2.94. The number of nitrogen functional groups attached to an aromatic ring is 1. The summed E-state index contributed by atoms with van der Waals surface area (Å²) in [5.74, 6) is -2.67. The van der Waals surface area contributed by atoms with Crippen molar-refractivity contribution < 1.29 is 33.8 Å². The Kier molecular flexibility index (Phi) is 10.6. The van der Waals surface area contributed by atoms with Gasteiger partial charge in [0.05, 0.1) is 0 Å². The number of ether oxygens (including phenoxy) is 1. The fraction of sp³-hybridized carbons (Fsp3) is 0.333. The number of amides is 4. The molecule has 0 spiro atoms. The summed E-state index contributed by atoms with van der Waals surface area (Å²) in [4.78, 5) is 64.2. The largest absolute Gasteiger partial charge is 0.480 e. The van der Waals surface area contributed by atoms with Gasteiger partial charge in [0.15, 0.2) is 0 Å². The van der Waals surface area contributed by atoms with Crippen molar-refractivity contribution in [3.05, 3.63) is 71.3 Å². The van der Waals surface area contributed by atoms with Crippen molar-refractivity contribution in [2.45, 2.75) is 25.5 Å². The zero-order valence-corrected chi connectivity index (χ0v) is 21.8. The molecule has 4 amide bonds. The number of carbonyl (C=O) groups is 5. The van der Waals surface area contributed by atoms with E-state index in [1.54, 1.807) is 48.5 Å². The van der Waals surface area contributed by atoms with Crippen molar-refractivity contribution in [3.8, 4) is 0 Å². The molecule has 13 heteroatoms. The lowest BCUT2D eigenvalue weighted by Gasteiger charge is -2.40. The monoisotopic (exact) mass is 552 g/mol. The minimum atomic E-state index is -1.17. The minimum Gasteiger partial charge on any atom is -0.480 e. The van der Waals surface area contributed by atoms with E-state index in [-0.39, 0.29) is 44.4 Å². The maximum atomic E-state index is 13.1. The van der Waals surface area contributed by atoms with Gasteiger partial charge < -0.3 is 36.0 Å². The van der Waals surface area contributed by atoms with E-state index in [1.165, 1.54) is 9.80 Å². The molecule has 212 valence electrons. The summed E-state index contributed by atoms with van der Waals surface area (Å²) in [6, 6.07) is 14.3. The van der Waals surface area contributed by atoms with Gasteiger partial charge in [0, 0.05) is 30.8 Å². The van der Waals surface area contributed by atoms with Crippen molar-refractivity contribution in [2.24, 2.45) is 5.73 Å². The second-order valence-corrected chi connectivity index (χ2v) is 9.06. The molecular formula is C27H32N6O7. The molecule has 1 atom stereocenters. The Bertz CT molecular complexity index is 1240. The Morgan fingerprint density at radius 2 is 1.68 bits per heavy atom. The number of amidine groups is 1. The molecule has 2 aromatic rings.